The third-order valence-electron chi connectivity index (χ3n) is 2.61. The predicted octanol–water partition coefficient (Wildman–Crippen LogP) is 1.67. The quantitative estimate of drug-likeness (QED) is 0.774. The van der Waals surface area contributed by atoms with E-state index < -0.39 is 5.91 Å². The van der Waals surface area contributed by atoms with Crippen molar-refractivity contribution in [3.8, 4) is 0 Å². The minimum absolute atomic E-state index is 0.450. The molecule has 0 fully saturated rings. The first-order valence-corrected chi connectivity index (χ1v) is 5.78. The van der Waals surface area contributed by atoms with Crippen molar-refractivity contribution in [1.29, 1.82) is 0 Å². The van der Waals surface area contributed by atoms with E-state index in [1.807, 2.05) is 13.0 Å². The van der Waals surface area contributed by atoms with Gasteiger partial charge < -0.3 is 16.4 Å². The number of primary amides is 1. The number of anilines is 3. The van der Waals surface area contributed by atoms with Crippen molar-refractivity contribution in [2.24, 2.45) is 5.73 Å². The molecule has 0 atom stereocenters. The van der Waals surface area contributed by atoms with E-state index in [0.29, 0.717) is 17.3 Å². The molecule has 2 rings (SSSR count). The zero-order chi connectivity index (χ0) is 13.8. The number of aryl methyl sites for hydroxylation is 1. The van der Waals surface area contributed by atoms with Crippen molar-refractivity contribution in [1.82, 2.24) is 9.97 Å². The van der Waals surface area contributed by atoms with Crippen LogP contribution in [0.1, 0.15) is 15.9 Å². The van der Waals surface area contributed by atoms with E-state index in [2.05, 4.69) is 20.6 Å². The third-order valence-corrected chi connectivity index (χ3v) is 2.61. The SMILES string of the molecule is CNc1ncc(C)c(Nc2cccc(C(N)=O)c2)n1. The molecule has 0 bridgehead atoms. The summed E-state index contributed by atoms with van der Waals surface area (Å²) in [4.78, 5) is 19.6. The normalized spacial score (nSPS) is 10.0. The Labute approximate surface area is 111 Å². The maximum absolute atomic E-state index is 11.1. The summed E-state index contributed by atoms with van der Waals surface area (Å²) in [5.41, 5.74) is 7.35. The summed E-state index contributed by atoms with van der Waals surface area (Å²) in [6.45, 7) is 1.90. The van der Waals surface area contributed by atoms with Crippen molar-refractivity contribution >= 4 is 23.4 Å². The Hall–Kier alpha value is -2.63. The van der Waals surface area contributed by atoms with Crippen LogP contribution in [0.25, 0.3) is 0 Å². The van der Waals surface area contributed by atoms with Crippen LogP contribution in [-0.2, 0) is 0 Å². The second-order valence-corrected chi connectivity index (χ2v) is 4.05. The van der Waals surface area contributed by atoms with Gasteiger partial charge in [0.15, 0.2) is 0 Å². The van der Waals surface area contributed by atoms with Gasteiger partial charge >= 0.3 is 0 Å². The number of nitrogens with zero attached hydrogens (tertiary/aromatic N) is 2. The molecule has 0 aliphatic rings. The number of rotatable bonds is 4. The average Bonchev–Trinajstić information content (AvgIpc) is 2.41. The van der Waals surface area contributed by atoms with Crippen LogP contribution in [0.2, 0.25) is 0 Å². The lowest BCUT2D eigenvalue weighted by Gasteiger charge is -2.10. The maximum Gasteiger partial charge on any atom is 0.248 e. The van der Waals surface area contributed by atoms with Gasteiger partial charge in [-0.05, 0) is 25.1 Å². The van der Waals surface area contributed by atoms with Gasteiger partial charge in [-0.1, -0.05) is 6.07 Å². The summed E-state index contributed by atoms with van der Waals surface area (Å²) < 4.78 is 0. The van der Waals surface area contributed by atoms with E-state index in [4.69, 9.17) is 5.73 Å². The van der Waals surface area contributed by atoms with Crippen molar-refractivity contribution in [3.05, 3.63) is 41.6 Å². The van der Waals surface area contributed by atoms with Crippen LogP contribution in [0.3, 0.4) is 0 Å². The van der Waals surface area contributed by atoms with Crippen molar-refractivity contribution < 1.29 is 4.79 Å². The molecule has 0 aliphatic heterocycles. The predicted molar refractivity (Wildman–Crippen MR) is 74.6 cm³/mol. The largest absolute Gasteiger partial charge is 0.366 e. The van der Waals surface area contributed by atoms with Gasteiger partial charge in [0.2, 0.25) is 11.9 Å². The topological polar surface area (TPSA) is 92.9 Å². The van der Waals surface area contributed by atoms with Gasteiger partial charge in [0, 0.05) is 30.1 Å². The van der Waals surface area contributed by atoms with Gasteiger partial charge in [-0.3, -0.25) is 4.79 Å². The molecule has 0 spiro atoms. The highest BCUT2D eigenvalue weighted by Crippen LogP contribution is 2.19. The fourth-order valence-electron chi connectivity index (χ4n) is 1.58. The van der Waals surface area contributed by atoms with Crippen molar-refractivity contribution in [2.75, 3.05) is 17.7 Å². The molecule has 1 heterocycles. The van der Waals surface area contributed by atoms with Crippen LogP contribution < -0.4 is 16.4 Å². The van der Waals surface area contributed by atoms with Crippen LogP contribution >= 0.6 is 0 Å². The Bertz CT molecular complexity index is 612. The van der Waals surface area contributed by atoms with E-state index in [9.17, 15) is 4.79 Å². The molecule has 0 radical (unpaired) electrons. The highest BCUT2D eigenvalue weighted by molar-refractivity contribution is 5.93. The first-order valence-electron chi connectivity index (χ1n) is 5.78. The molecule has 2 aromatic rings. The van der Waals surface area contributed by atoms with E-state index in [1.165, 1.54) is 0 Å². The molecular weight excluding hydrogens is 242 g/mol. The highest BCUT2D eigenvalue weighted by atomic mass is 16.1. The molecule has 6 heteroatoms. The molecule has 19 heavy (non-hydrogen) atoms. The Morgan fingerprint density at radius 2 is 2.16 bits per heavy atom. The second-order valence-electron chi connectivity index (χ2n) is 4.05. The molecule has 6 nitrogen and oxygen atoms in total. The van der Waals surface area contributed by atoms with E-state index in [1.54, 1.807) is 31.4 Å². The summed E-state index contributed by atoms with van der Waals surface area (Å²) in [5.74, 6) is 0.749. The van der Waals surface area contributed by atoms with Gasteiger partial charge in [-0.15, -0.1) is 0 Å². The monoisotopic (exact) mass is 257 g/mol. The van der Waals surface area contributed by atoms with Crippen LogP contribution in [-0.4, -0.2) is 22.9 Å². The van der Waals surface area contributed by atoms with Crippen LogP contribution in [0, 0.1) is 6.92 Å². The summed E-state index contributed by atoms with van der Waals surface area (Å²) >= 11 is 0. The van der Waals surface area contributed by atoms with E-state index >= 15 is 0 Å². The first kappa shape index (κ1) is 12.8. The molecule has 98 valence electrons. The minimum atomic E-state index is -0.459. The van der Waals surface area contributed by atoms with Crippen LogP contribution in [0.15, 0.2) is 30.5 Å². The van der Waals surface area contributed by atoms with E-state index in [0.717, 1.165) is 11.3 Å². The number of carbonyl (C=O) groups excluding carboxylic acids is 1. The Morgan fingerprint density at radius 3 is 2.84 bits per heavy atom. The Balaban J connectivity index is 2.30. The number of hydrogen-bond acceptors (Lipinski definition) is 5. The van der Waals surface area contributed by atoms with Gasteiger partial charge in [-0.2, -0.15) is 4.98 Å². The Morgan fingerprint density at radius 1 is 1.37 bits per heavy atom. The second kappa shape index (κ2) is 5.34. The molecule has 1 aromatic heterocycles. The summed E-state index contributed by atoms with van der Waals surface area (Å²) in [7, 11) is 1.75. The average molecular weight is 257 g/mol. The number of carbonyl (C=O) groups is 1. The molecule has 4 N–H and O–H groups in total. The zero-order valence-electron chi connectivity index (χ0n) is 10.8. The van der Waals surface area contributed by atoms with Crippen LogP contribution in [0.4, 0.5) is 17.5 Å². The molecule has 0 aliphatic carbocycles. The molecule has 1 amide bonds. The minimum Gasteiger partial charge on any atom is -0.366 e. The van der Waals surface area contributed by atoms with Crippen LogP contribution in [0.5, 0.6) is 0 Å². The van der Waals surface area contributed by atoms with Gasteiger partial charge in [0.1, 0.15) is 5.82 Å². The van der Waals surface area contributed by atoms with Gasteiger partial charge in [-0.25, -0.2) is 4.98 Å². The van der Waals surface area contributed by atoms with Crippen molar-refractivity contribution in [2.45, 2.75) is 6.92 Å². The molecule has 0 saturated carbocycles. The number of hydrogen-bond donors (Lipinski definition) is 3. The fraction of sp³-hybridized carbons (Fsp3) is 0.154. The summed E-state index contributed by atoms with van der Waals surface area (Å²) in [6.07, 6.45) is 1.72. The highest BCUT2D eigenvalue weighted by Gasteiger charge is 2.05. The smallest absolute Gasteiger partial charge is 0.248 e. The van der Waals surface area contributed by atoms with E-state index in [-0.39, 0.29) is 0 Å². The lowest BCUT2D eigenvalue weighted by Crippen LogP contribution is -2.11. The lowest BCUT2D eigenvalue weighted by atomic mass is 10.2. The Kier molecular flexibility index (Phi) is 3.61. The van der Waals surface area contributed by atoms with Gasteiger partial charge in [0.05, 0.1) is 0 Å². The fourth-order valence-corrected chi connectivity index (χ4v) is 1.58. The third kappa shape index (κ3) is 2.98. The number of aromatic nitrogens is 2. The number of nitrogens with two attached hydrogens (primary N) is 1. The van der Waals surface area contributed by atoms with Gasteiger partial charge in [0.25, 0.3) is 0 Å². The number of benzene rings is 1. The maximum atomic E-state index is 11.1. The zero-order valence-corrected chi connectivity index (χ0v) is 10.8. The molecule has 1 aromatic carbocycles. The molecular formula is C13H15N5O. The molecule has 0 saturated heterocycles. The number of nitrogens with one attached hydrogen (secondary N) is 2. The standard InChI is InChI=1S/C13H15N5O/c1-8-7-16-13(15-2)18-12(8)17-10-5-3-4-9(6-10)11(14)19/h3-7H,1-2H3,(H2,14,19)(H2,15,16,17,18). The number of amides is 1. The summed E-state index contributed by atoms with van der Waals surface area (Å²) in [5, 5.41) is 6.02. The molecule has 0 unspecified atom stereocenters. The lowest BCUT2D eigenvalue weighted by molar-refractivity contribution is 0.100. The first-order chi connectivity index (χ1) is 9.10. The van der Waals surface area contributed by atoms with Crippen molar-refractivity contribution in [3.63, 3.8) is 0 Å². The summed E-state index contributed by atoms with van der Waals surface area (Å²) in [6, 6.07) is 6.95.